The standard InChI is InChI=1S/C16H14ClN3O/c1-21-15-5-3-2-4-14(15)20-16-12-8-10(17)9-13(18)11(12)6-7-19-16/h2-9H,18H2,1H3,(H,19,20). The summed E-state index contributed by atoms with van der Waals surface area (Å²) in [6.45, 7) is 0. The fourth-order valence-electron chi connectivity index (χ4n) is 2.25. The van der Waals surface area contributed by atoms with Gasteiger partial charge in [0.05, 0.1) is 12.8 Å². The fourth-order valence-corrected chi connectivity index (χ4v) is 2.48. The van der Waals surface area contributed by atoms with Crippen LogP contribution in [-0.2, 0) is 0 Å². The van der Waals surface area contributed by atoms with Gasteiger partial charge in [0.15, 0.2) is 0 Å². The van der Waals surface area contributed by atoms with Crippen molar-refractivity contribution in [3.63, 3.8) is 0 Å². The van der Waals surface area contributed by atoms with Crippen LogP contribution in [0, 0.1) is 0 Å². The number of hydrogen-bond acceptors (Lipinski definition) is 4. The van der Waals surface area contributed by atoms with Crippen LogP contribution in [-0.4, -0.2) is 12.1 Å². The Morgan fingerprint density at radius 1 is 1.14 bits per heavy atom. The molecule has 0 unspecified atom stereocenters. The molecule has 2 aromatic carbocycles. The monoisotopic (exact) mass is 299 g/mol. The van der Waals surface area contributed by atoms with Crippen molar-refractivity contribution in [3.05, 3.63) is 53.7 Å². The second-order valence-corrected chi connectivity index (χ2v) is 5.01. The molecule has 5 heteroatoms. The molecule has 21 heavy (non-hydrogen) atoms. The van der Waals surface area contributed by atoms with E-state index in [2.05, 4.69) is 10.3 Å². The molecule has 0 aliphatic heterocycles. The lowest BCUT2D eigenvalue weighted by molar-refractivity contribution is 0.417. The number of nitrogens with two attached hydrogens (primary N) is 1. The molecule has 3 N–H and O–H groups in total. The van der Waals surface area contributed by atoms with Crippen molar-refractivity contribution in [1.82, 2.24) is 4.98 Å². The van der Waals surface area contributed by atoms with Crippen LogP contribution in [0.4, 0.5) is 17.2 Å². The summed E-state index contributed by atoms with van der Waals surface area (Å²) in [4.78, 5) is 4.38. The van der Waals surface area contributed by atoms with E-state index >= 15 is 0 Å². The molecule has 0 spiro atoms. The van der Waals surface area contributed by atoms with Crippen LogP contribution in [0.3, 0.4) is 0 Å². The zero-order valence-electron chi connectivity index (χ0n) is 11.4. The maximum atomic E-state index is 6.10. The van der Waals surface area contributed by atoms with Gasteiger partial charge >= 0.3 is 0 Å². The van der Waals surface area contributed by atoms with Gasteiger partial charge in [0, 0.05) is 27.7 Å². The molecule has 0 fully saturated rings. The van der Waals surface area contributed by atoms with Crippen LogP contribution in [0.2, 0.25) is 5.02 Å². The smallest absolute Gasteiger partial charge is 0.142 e. The lowest BCUT2D eigenvalue weighted by Gasteiger charge is -2.13. The van der Waals surface area contributed by atoms with Crippen LogP contribution >= 0.6 is 11.6 Å². The number of halogens is 1. The molecule has 0 atom stereocenters. The molecule has 0 radical (unpaired) electrons. The average Bonchev–Trinajstić information content (AvgIpc) is 2.48. The summed E-state index contributed by atoms with van der Waals surface area (Å²) in [5, 5.41) is 5.63. The number of rotatable bonds is 3. The van der Waals surface area contributed by atoms with Crippen molar-refractivity contribution < 1.29 is 4.74 Å². The molecule has 0 bridgehead atoms. The Morgan fingerprint density at radius 2 is 1.95 bits per heavy atom. The number of nitrogens with one attached hydrogen (secondary N) is 1. The molecule has 0 aliphatic carbocycles. The fraction of sp³-hybridized carbons (Fsp3) is 0.0625. The Bertz CT molecular complexity index is 805. The Balaban J connectivity index is 2.13. The highest BCUT2D eigenvalue weighted by atomic mass is 35.5. The van der Waals surface area contributed by atoms with Crippen LogP contribution in [0.15, 0.2) is 48.7 Å². The molecule has 0 saturated carbocycles. The molecule has 1 heterocycles. The van der Waals surface area contributed by atoms with E-state index < -0.39 is 0 Å². The number of ether oxygens (including phenoxy) is 1. The van der Waals surface area contributed by atoms with E-state index in [1.807, 2.05) is 36.4 Å². The summed E-state index contributed by atoms with van der Waals surface area (Å²) in [6, 6.07) is 13.1. The quantitative estimate of drug-likeness (QED) is 0.711. The predicted octanol–water partition coefficient (Wildman–Crippen LogP) is 4.22. The second-order valence-electron chi connectivity index (χ2n) is 4.57. The van der Waals surface area contributed by atoms with Crippen LogP contribution in [0.5, 0.6) is 5.75 Å². The zero-order valence-corrected chi connectivity index (χ0v) is 12.2. The highest BCUT2D eigenvalue weighted by Gasteiger charge is 2.09. The number of pyridine rings is 1. The molecule has 0 saturated heterocycles. The van der Waals surface area contributed by atoms with E-state index in [0.717, 1.165) is 22.2 Å². The van der Waals surface area contributed by atoms with Crippen molar-refractivity contribution in [2.45, 2.75) is 0 Å². The van der Waals surface area contributed by atoms with E-state index in [1.165, 1.54) is 0 Å². The predicted molar refractivity (Wildman–Crippen MR) is 87.4 cm³/mol. The first-order valence-electron chi connectivity index (χ1n) is 6.43. The van der Waals surface area contributed by atoms with Crippen LogP contribution in [0.25, 0.3) is 10.8 Å². The van der Waals surface area contributed by atoms with Gasteiger partial charge in [0.25, 0.3) is 0 Å². The van der Waals surface area contributed by atoms with Gasteiger partial charge < -0.3 is 15.8 Å². The third-order valence-electron chi connectivity index (χ3n) is 3.24. The van der Waals surface area contributed by atoms with Crippen LogP contribution < -0.4 is 15.8 Å². The lowest BCUT2D eigenvalue weighted by atomic mass is 10.1. The number of nitrogen functional groups attached to an aromatic ring is 1. The molecular formula is C16H14ClN3O. The summed E-state index contributed by atoms with van der Waals surface area (Å²) in [5.74, 6) is 1.43. The molecule has 3 rings (SSSR count). The topological polar surface area (TPSA) is 60.2 Å². The van der Waals surface area contributed by atoms with Gasteiger partial charge in [0.1, 0.15) is 11.6 Å². The maximum absolute atomic E-state index is 6.10. The Labute approximate surface area is 127 Å². The first-order chi connectivity index (χ1) is 10.2. The summed E-state index contributed by atoms with van der Waals surface area (Å²) < 4.78 is 5.34. The van der Waals surface area contributed by atoms with Crippen LogP contribution in [0.1, 0.15) is 0 Å². The first-order valence-corrected chi connectivity index (χ1v) is 6.80. The van der Waals surface area contributed by atoms with Crippen molar-refractivity contribution in [2.24, 2.45) is 0 Å². The first kappa shape index (κ1) is 13.5. The summed E-state index contributed by atoms with van der Waals surface area (Å²) in [5.41, 5.74) is 7.47. The van der Waals surface area contributed by atoms with E-state index in [-0.39, 0.29) is 0 Å². The van der Waals surface area contributed by atoms with Gasteiger partial charge in [-0.3, -0.25) is 0 Å². The Kier molecular flexibility index (Phi) is 3.54. The van der Waals surface area contributed by atoms with Crippen molar-refractivity contribution in [3.8, 4) is 5.75 Å². The zero-order chi connectivity index (χ0) is 14.8. The third kappa shape index (κ3) is 2.58. The number of anilines is 3. The molecule has 1 aromatic heterocycles. The number of fused-ring (bicyclic) bond motifs is 1. The van der Waals surface area contributed by atoms with Crippen molar-refractivity contribution in [2.75, 3.05) is 18.2 Å². The highest BCUT2D eigenvalue weighted by molar-refractivity contribution is 6.32. The molecule has 4 nitrogen and oxygen atoms in total. The minimum absolute atomic E-state index is 0.580. The molecular weight excluding hydrogens is 286 g/mol. The Hall–Kier alpha value is -2.46. The number of aromatic nitrogens is 1. The maximum Gasteiger partial charge on any atom is 0.142 e. The molecule has 3 aromatic rings. The number of hydrogen-bond donors (Lipinski definition) is 2. The number of benzene rings is 2. The van der Waals surface area contributed by atoms with Gasteiger partial charge in [-0.05, 0) is 30.3 Å². The highest BCUT2D eigenvalue weighted by Crippen LogP contribution is 2.33. The summed E-state index contributed by atoms with van der Waals surface area (Å²) in [7, 11) is 1.63. The van der Waals surface area contributed by atoms with Gasteiger partial charge in [-0.25, -0.2) is 4.98 Å². The number of para-hydroxylation sites is 2. The average molecular weight is 300 g/mol. The minimum Gasteiger partial charge on any atom is -0.495 e. The van der Waals surface area contributed by atoms with E-state index in [0.29, 0.717) is 16.5 Å². The van der Waals surface area contributed by atoms with Gasteiger partial charge in [-0.2, -0.15) is 0 Å². The van der Waals surface area contributed by atoms with E-state index in [9.17, 15) is 0 Å². The molecule has 106 valence electrons. The SMILES string of the molecule is COc1ccccc1Nc1nccc2c(N)cc(Cl)cc12. The molecule has 0 aliphatic rings. The molecule has 0 amide bonds. The van der Waals surface area contributed by atoms with E-state index in [4.69, 9.17) is 22.1 Å². The summed E-state index contributed by atoms with van der Waals surface area (Å²) >= 11 is 6.10. The second kappa shape index (κ2) is 5.50. The lowest BCUT2D eigenvalue weighted by Crippen LogP contribution is -1.98. The minimum atomic E-state index is 0.580. The third-order valence-corrected chi connectivity index (χ3v) is 3.46. The largest absolute Gasteiger partial charge is 0.495 e. The van der Waals surface area contributed by atoms with Gasteiger partial charge in [-0.15, -0.1) is 0 Å². The number of methoxy groups -OCH3 is 1. The number of nitrogens with zero attached hydrogens (tertiary/aromatic N) is 1. The van der Waals surface area contributed by atoms with Gasteiger partial charge in [0.2, 0.25) is 0 Å². The Morgan fingerprint density at radius 3 is 2.76 bits per heavy atom. The van der Waals surface area contributed by atoms with Gasteiger partial charge in [-0.1, -0.05) is 23.7 Å². The van der Waals surface area contributed by atoms with Crippen molar-refractivity contribution in [1.29, 1.82) is 0 Å². The normalized spacial score (nSPS) is 10.6. The summed E-state index contributed by atoms with van der Waals surface area (Å²) in [6.07, 6.45) is 1.71. The van der Waals surface area contributed by atoms with Crippen molar-refractivity contribution >= 4 is 39.6 Å². The van der Waals surface area contributed by atoms with E-state index in [1.54, 1.807) is 19.4 Å².